The van der Waals surface area contributed by atoms with Crippen LogP contribution in [-0.2, 0) is 0 Å². The molecule has 1 heterocycles. The quantitative estimate of drug-likeness (QED) is 0.904. The molecule has 0 bridgehead atoms. The summed E-state index contributed by atoms with van der Waals surface area (Å²) >= 11 is 6.37. The Morgan fingerprint density at radius 3 is 2.62 bits per heavy atom. The van der Waals surface area contributed by atoms with Crippen molar-refractivity contribution >= 4 is 17.4 Å². The number of H-pyrrole nitrogens is 1. The van der Waals surface area contributed by atoms with Crippen LogP contribution in [0.25, 0.3) is 11.1 Å². The number of nitrogen functional groups attached to an aromatic ring is 1. The minimum absolute atomic E-state index is 0.250. The fourth-order valence-electron chi connectivity index (χ4n) is 2.69. The van der Waals surface area contributed by atoms with E-state index in [2.05, 4.69) is 10.2 Å². The first-order chi connectivity index (χ1) is 10.2. The van der Waals surface area contributed by atoms with Crippen molar-refractivity contribution in [2.45, 2.75) is 31.8 Å². The van der Waals surface area contributed by atoms with E-state index < -0.39 is 0 Å². The van der Waals surface area contributed by atoms with Crippen LogP contribution < -0.4 is 15.2 Å². The highest BCUT2D eigenvalue weighted by atomic mass is 35.5. The molecule has 0 amide bonds. The molecule has 1 aliphatic rings. The Kier molecular flexibility index (Phi) is 3.92. The third-order valence-corrected chi connectivity index (χ3v) is 4.12. The van der Waals surface area contributed by atoms with Crippen molar-refractivity contribution in [1.82, 2.24) is 10.2 Å². The summed E-state index contributed by atoms with van der Waals surface area (Å²) in [6, 6.07) is 3.63. The lowest BCUT2D eigenvalue weighted by molar-refractivity contribution is 0.201. The van der Waals surface area contributed by atoms with Crippen LogP contribution in [0.2, 0.25) is 5.02 Å². The lowest BCUT2D eigenvalue weighted by atomic mass is 10.1. The Labute approximate surface area is 128 Å². The molecule has 1 fully saturated rings. The molecular weight excluding hydrogens is 290 g/mol. The van der Waals surface area contributed by atoms with Crippen LogP contribution in [0.15, 0.2) is 18.3 Å². The molecule has 2 aromatic rings. The zero-order valence-corrected chi connectivity index (χ0v) is 12.6. The van der Waals surface area contributed by atoms with Gasteiger partial charge in [-0.25, -0.2) is 0 Å². The van der Waals surface area contributed by atoms with E-state index in [0.29, 0.717) is 22.3 Å². The molecule has 0 radical (unpaired) electrons. The standard InChI is InChI=1S/C15H18ClN3O2/c1-20-13-6-10(11-8-18-19-15(11)17)12(16)7-14(13)21-9-4-2-3-5-9/h6-9H,2-5H2,1H3,(H3,17,18,19). The van der Waals surface area contributed by atoms with Crippen molar-refractivity contribution in [2.24, 2.45) is 0 Å². The maximum atomic E-state index is 6.37. The van der Waals surface area contributed by atoms with Gasteiger partial charge in [-0.3, -0.25) is 5.10 Å². The van der Waals surface area contributed by atoms with Crippen molar-refractivity contribution in [2.75, 3.05) is 12.8 Å². The van der Waals surface area contributed by atoms with Gasteiger partial charge < -0.3 is 15.2 Å². The average molecular weight is 308 g/mol. The molecule has 1 aromatic carbocycles. The Hall–Kier alpha value is -1.88. The molecule has 0 spiro atoms. The number of nitrogens with two attached hydrogens (primary N) is 1. The van der Waals surface area contributed by atoms with Gasteiger partial charge in [0.2, 0.25) is 0 Å². The molecule has 1 aromatic heterocycles. The van der Waals surface area contributed by atoms with Gasteiger partial charge in [0.1, 0.15) is 5.82 Å². The van der Waals surface area contributed by atoms with Crippen LogP contribution in [0.4, 0.5) is 5.82 Å². The van der Waals surface area contributed by atoms with E-state index in [4.69, 9.17) is 26.8 Å². The molecule has 3 N–H and O–H groups in total. The Bertz CT molecular complexity index is 636. The second kappa shape index (κ2) is 5.85. The lowest BCUT2D eigenvalue weighted by Crippen LogP contribution is -2.11. The third kappa shape index (κ3) is 2.78. The number of ether oxygens (including phenoxy) is 2. The Balaban J connectivity index is 1.96. The monoisotopic (exact) mass is 307 g/mol. The fourth-order valence-corrected chi connectivity index (χ4v) is 2.95. The molecule has 0 aliphatic heterocycles. The van der Waals surface area contributed by atoms with E-state index in [1.165, 1.54) is 12.8 Å². The van der Waals surface area contributed by atoms with Crippen LogP contribution in [0, 0.1) is 0 Å². The van der Waals surface area contributed by atoms with E-state index in [1.807, 2.05) is 6.07 Å². The smallest absolute Gasteiger partial charge is 0.163 e. The predicted molar refractivity (Wildman–Crippen MR) is 82.9 cm³/mol. The van der Waals surface area contributed by atoms with Crippen molar-refractivity contribution in [3.63, 3.8) is 0 Å². The van der Waals surface area contributed by atoms with Gasteiger partial charge in [0.15, 0.2) is 11.5 Å². The van der Waals surface area contributed by atoms with Crippen LogP contribution in [0.3, 0.4) is 0 Å². The predicted octanol–water partition coefficient (Wildman–Crippen LogP) is 3.64. The first-order valence-corrected chi connectivity index (χ1v) is 7.40. The summed E-state index contributed by atoms with van der Waals surface area (Å²) in [4.78, 5) is 0. The first-order valence-electron chi connectivity index (χ1n) is 7.02. The number of aromatic amines is 1. The lowest BCUT2D eigenvalue weighted by Gasteiger charge is -2.17. The molecule has 21 heavy (non-hydrogen) atoms. The number of aromatic nitrogens is 2. The first kappa shape index (κ1) is 14.1. The van der Waals surface area contributed by atoms with E-state index in [-0.39, 0.29) is 6.10 Å². The number of hydrogen-bond acceptors (Lipinski definition) is 4. The topological polar surface area (TPSA) is 73.2 Å². The zero-order chi connectivity index (χ0) is 14.8. The average Bonchev–Trinajstić information content (AvgIpc) is 3.11. The van der Waals surface area contributed by atoms with E-state index in [1.54, 1.807) is 19.4 Å². The summed E-state index contributed by atoms with van der Waals surface area (Å²) in [6.45, 7) is 0. The molecule has 0 saturated heterocycles. The molecular formula is C15H18ClN3O2. The van der Waals surface area contributed by atoms with Gasteiger partial charge in [0.05, 0.1) is 24.4 Å². The second-order valence-electron chi connectivity index (χ2n) is 5.20. The van der Waals surface area contributed by atoms with Gasteiger partial charge in [-0.15, -0.1) is 0 Å². The number of anilines is 1. The van der Waals surface area contributed by atoms with Gasteiger partial charge in [0.25, 0.3) is 0 Å². The van der Waals surface area contributed by atoms with Crippen LogP contribution >= 0.6 is 11.6 Å². The Morgan fingerprint density at radius 2 is 2.00 bits per heavy atom. The fraction of sp³-hybridized carbons (Fsp3) is 0.400. The van der Waals surface area contributed by atoms with Gasteiger partial charge >= 0.3 is 0 Å². The number of methoxy groups -OCH3 is 1. The van der Waals surface area contributed by atoms with Gasteiger partial charge in [-0.2, -0.15) is 5.10 Å². The molecule has 1 saturated carbocycles. The van der Waals surface area contributed by atoms with E-state index >= 15 is 0 Å². The normalized spacial score (nSPS) is 15.3. The maximum absolute atomic E-state index is 6.37. The largest absolute Gasteiger partial charge is 0.493 e. The number of hydrogen-bond donors (Lipinski definition) is 2. The maximum Gasteiger partial charge on any atom is 0.163 e. The second-order valence-corrected chi connectivity index (χ2v) is 5.61. The summed E-state index contributed by atoms with van der Waals surface area (Å²) in [5, 5.41) is 7.19. The highest BCUT2D eigenvalue weighted by molar-refractivity contribution is 6.33. The molecule has 1 aliphatic carbocycles. The van der Waals surface area contributed by atoms with Gasteiger partial charge in [0, 0.05) is 17.2 Å². The summed E-state index contributed by atoms with van der Waals surface area (Å²) in [6.07, 6.45) is 6.48. The third-order valence-electron chi connectivity index (χ3n) is 3.81. The number of halogens is 1. The number of nitrogens with zero attached hydrogens (tertiary/aromatic N) is 1. The van der Waals surface area contributed by atoms with Gasteiger partial charge in [-0.05, 0) is 31.7 Å². The minimum Gasteiger partial charge on any atom is -0.493 e. The van der Waals surface area contributed by atoms with Crippen molar-refractivity contribution in [1.29, 1.82) is 0 Å². The minimum atomic E-state index is 0.250. The molecule has 6 heteroatoms. The number of benzene rings is 1. The van der Waals surface area contributed by atoms with Gasteiger partial charge in [-0.1, -0.05) is 11.6 Å². The number of nitrogens with one attached hydrogen (secondary N) is 1. The van der Waals surface area contributed by atoms with Crippen molar-refractivity contribution < 1.29 is 9.47 Å². The summed E-state index contributed by atoms with van der Waals surface area (Å²) in [5.74, 6) is 1.81. The SMILES string of the molecule is COc1cc(-c2cn[nH]c2N)c(Cl)cc1OC1CCCC1. The highest BCUT2D eigenvalue weighted by Gasteiger charge is 2.20. The molecule has 5 nitrogen and oxygen atoms in total. The van der Waals surface area contributed by atoms with Crippen molar-refractivity contribution in [3.8, 4) is 22.6 Å². The Morgan fingerprint density at radius 1 is 1.24 bits per heavy atom. The molecule has 3 rings (SSSR count). The zero-order valence-electron chi connectivity index (χ0n) is 11.9. The van der Waals surface area contributed by atoms with E-state index in [9.17, 15) is 0 Å². The molecule has 0 atom stereocenters. The van der Waals surface area contributed by atoms with Crippen LogP contribution in [-0.4, -0.2) is 23.4 Å². The summed E-state index contributed by atoms with van der Waals surface area (Å²) in [7, 11) is 1.62. The number of rotatable bonds is 4. The van der Waals surface area contributed by atoms with E-state index in [0.717, 1.165) is 24.0 Å². The molecule has 112 valence electrons. The summed E-state index contributed by atoms with van der Waals surface area (Å²) < 4.78 is 11.5. The highest BCUT2D eigenvalue weighted by Crippen LogP contribution is 2.41. The van der Waals surface area contributed by atoms with Crippen LogP contribution in [0.5, 0.6) is 11.5 Å². The van der Waals surface area contributed by atoms with Crippen molar-refractivity contribution in [3.05, 3.63) is 23.4 Å². The van der Waals surface area contributed by atoms with Crippen LogP contribution in [0.1, 0.15) is 25.7 Å². The molecule has 0 unspecified atom stereocenters. The summed E-state index contributed by atoms with van der Waals surface area (Å²) in [5.41, 5.74) is 7.39.